The second kappa shape index (κ2) is 5.76. The van der Waals surface area contributed by atoms with E-state index in [-0.39, 0.29) is 5.41 Å². The van der Waals surface area contributed by atoms with Crippen molar-refractivity contribution in [2.45, 2.75) is 25.3 Å². The summed E-state index contributed by atoms with van der Waals surface area (Å²) in [5.41, 5.74) is 13.8. The van der Waals surface area contributed by atoms with Gasteiger partial charge in [-0.05, 0) is 31.4 Å². The van der Waals surface area contributed by atoms with Crippen molar-refractivity contribution in [2.24, 2.45) is 11.1 Å². The van der Waals surface area contributed by atoms with Crippen LogP contribution in [-0.2, 0) is 0 Å². The number of halogens is 2. The average Bonchev–Trinajstić information content (AvgIpc) is 3.02. The molecule has 1 aliphatic heterocycles. The van der Waals surface area contributed by atoms with Crippen molar-refractivity contribution in [3.8, 4) is 11.3 Å². The van der Waals surface area contributed by atoms with Gasteiger partial charge in [0, 0.05) is 30.1 Å². The fraction of sp³-hybridized carbons (Fsp3) is 0.412. The first-order valence-electron chi connectivity index (χ1n) is 8.08. The van der Waals surface area contributed by atoms with Crippen molar-refractivity contribution in [2.75, 3.05) is 23.7 Å². The summed E-state index contributed by atoms with van der Waals surface area (Å²) in [5.74, 6) is 1.12. The van der Waals surface area contributed by atoms with E-state index >= 15 is 0 Å². The molecule has 2 heterocycles. The van der Waals surface area contributed by atoms with Crippen LogP contribution in [0.5, 0.6) is 0 Å². The minimum absolute atomic E-state index is 0.251. The van der Waals surface area contributed by atoms with E-state index in [0.717, 1.165) is 31.7 Å². The third kappa shape index (κ3) is 2.42. The van der Waals surface area contributed by atoms with Gasteiger partial charge in [0.15, 0.2) is 5.82 Å². The smallest absolute Gasteiger partial charge is 0.152 e. The molecule has 1 saturated carbocycles. The number of hydrogen-bond acceptors (Lipinski definition) is 5. The molecule has 2 atom stereocenters. The fourth-order valence-electron chi connectivity index (χ4n) is 3.78. The Kier molecular flexibility index (Phi) is 3.82. The van der Waals surface area contributed by atoms with Gasteiger partial charge in [0.2, 0.25) is 0 Å². The van der Waals surface area contributed by atoms with Crippen molar-refractivity contribution >= 4 is 34.8 Å². The van der Waals surface area contributed by atoms with E-state index in [4.69, 9.17) is 34.7 Å². The van der Waals surface area contributed by atoms with Crippen molar-refractivity contribution < 1.29 is 0 Å². The maximum atomic E-state index is 6.25. The highest BCUT2D eigenvalue weighted by molar-refractivity contribution is 6.39. The van der Waals surface area contributed by atoms with Gasteiger partial charge in [-0.25, -0.2) is 9.97 Å². The predicted octanol–water partition coefficient (Wildman–Crippen LogP) is 3.35. The van der Waals surface area contributed by atoms with E-state index in [2.05, 4.69) is 14.9 Å². The molecule has 0 amide bonds. The summed E-state index contributed by atoms with van der Waals surface area (Å²) >= 11 is 12.5. The van der Waals surface area contributed by atoms with Crippen LogP contribution in [0.2, 0.25) is 10.0 Å². The number of nitrogens with two attached hydrogens (primary N) is 2. The first kappa shape index (κ1) is 15.9. The van der Waals surface area contributed by atoms with Crippen LogP contribution in [0.1, 0.15) is 19.3 Å². The van der Waals surface area contributed by atoms with Gasteiger partial charge in [-0.15, -0.1) is 0 Å². The third-order valence-electron chi connectivity index (χ3n) is 5.44. The molecule has 4 N–H and O–H groups in total. The number of nitrogen functional groups attached to an aromatic ring is 1. The summed E-state index contributed by atoms with van der Waals surface area (Å²) in [7, 11) is 0. The zero-order valence-corrected chi connectivity index (χ0v) is 14.7. The van der Waals surface area contributed by atoms with Crippen molar-refractivity contribution in [3.05, 3.63) is 34.4 Å². The molecule has 126 valence electrons. The summed E-state index contributed by atoms with van der Waals surface area (Å²) in [4.78, 5) is 11.3. The Balaban J connectivity index is 1.64. The molecule has 2 aromatic rings. The fourth-order valence-corrected chi connectivity index (χ4v) is 4.36. The van der Waals surface area contributed by atoms with Crippen LogP contribution in [0.25, 0.3) is 11.3 Å². The minimum atomic E-state index is 0.251. The van der Waals surface area contributed by atoms with Crippen LogP contribution in [0.4, 0.5) is 11.6 Å². The highest BCUT2D eigenvalue weighted by Crippen LogP contribution is 2.48. The summed E-state index contributed by atoms with van der Waals surface area (Å²) in [5, 5.41) is 1.02. The molecule has 0 radical (unpaired) electrons. The molecule has 2 aliphatic rings. The summed E-state index contributed by atoms with van der Waals surface area (Å²) in [6.45, 7) is 1.86. The Hall–Kier alpha value is -1.56. The first-order valence-corrected chi connectivity index (χ1v) is 8.83. The first-order chi connectivity index (χ1) is 11.5. The Morgan fingerprint density at radius 1 is 1.21 bits per heavy atom. The third-order valence-corrected chi connectivity index (χ3v) is 6.07. The molecule has 1 saturated heterocycles. The molecule has 1 aromatic carbocycles. The van der Waals surface area contributed by atoms with Crippen LogP contribution in [-0.4, -0.2) is 29.1 Å². The topological polar surface area (TPSA) is 81.1 Å². The molecular formula is C17H19Cl2N5. The molecule has 1 spiro atoms. The molecule has 1 aliphatic carbocycles. The highest BCUT2D eigenvalue weighted by Gasteiger charge is 2.49. The average molecular weight is 364 g/mol. The molecule has 0 unspecified atom stereocenters. The van der Waals surface area contributed by atoms with Crippen LogP contribution in [0, 0.1) is 5.41 Å². The van der Waals surface area contributed by atoms with Gasteiger partial charge in [-0.2, -0.15) is 0 Å². The maximum Gasteiger partial charge on any atom is 0.152 e. The number of hydrogen-bond donors (Lipinski definition) is 2. The van der Waals surface area contributed by atoms with Gasteiger partial charge in [-0.1, -0.05) is 29.3 Å². The van der Waals surface area contributed by atoms with Gasteiger partial charge in [0.05, 0.1) is 16.2 Å². The van der Waals surface area contributed by atoms with E-state index in [9.17, 15) is 0 Å². The van der Waals surface area contributed by atoms with Gasteiger partial charge in [0.25, 0.3) is 0 Å². The maximum absolute atomic E-state index is 6.25. The van der Waals surface area contributed by atoms with Crippen molar-refractivity contribution in [1.82, 2.24) is 9.97 Å². The van der Waals surface area contributed by atoms with E-state index < -0.39 is 0 Å². The predicted molar refractivity (Wildman–Crippen MR) is 98.4 cm³/mol. The second-order valence-electron chi connectivity index (χ2n) is 6.74. The van der Waals surface area contributed by atoms with Crippen molar-refractivity contribution in [1.29, 1.82) is 0 Å². The second-order valence-corrected chi connectivity index (χ2v) is 7.55. The molecule has 24 heavy (non-hydrogen) atoms. The van der Waals surface area contributed by atoms with Gasteiger partial charge in [-0.3, -0.25) is 0 Å². The normalized spacial score (nSPS) is 26.0. The lowest BCUT2D eigenvalue weighted by Gasteiger charge is -2.44. The van der Waals surface area contributed by atoms with Crippen LogP contribution in [0.15, 0.2) is 24.4 Å². The molecule has 2 fully saturated rings. The van der Waals surface area contributed by atoms with E-state index in [1.807, 2.05) is 0 Å². The Labute approximate surface area is 151 Å². The minimum Gasteiger partial charge on any atom is -0.382 e. The van der Waals surface area contributed by atoms with Crippen molar-refractivity contribution in [3.63, 3.8) is 0 Å². The lowest BCUT2D eigenvalue weighted by atomic mass is 9.64. The van der Waals surface area contributed by atoms with Crippen LogP contribution < -0.4 is 16.4 Å². The number of anilines is 2. The SMILES string of the molecule is Nc1nc(N2CC[C@]3(CC[C@H]3N)C2)cnc1-c1c(Cl)cccc1Cl. The molecule has 4 rings (SSSR count). The quantitative estimate of drug-likeness (QED) is 0.854. The van der Waals surface area contributed by atoms with Crippen LogP contribution >= 0.6 is 23.2 Å². The number of benzene rings is 1. The van der Waals surface area contributed by atoms with Gasteiger partial charge < -0.3 is 16.4 Å². The zero-order valence-electron chi connectivity index (χ0n) is 13.2. The Morgan fingerprint density at radius 3 is 2.50 bits per heavy atom. The molecule has 0 bridgehead atoms. The largest absolute Gasteiger partial charge is 0.382 e. The highest BCUT2D eigenvalue weighted by atomic mass is 35.5. The summed E-state index contributed by atoms with van der Waals surface area (Å²) in [6, 6.07) is 5.62. The molecule has 7 heteroatoms. The van der Waals surface area contributed by atoms with Gasteiger partial charge in [0.1, 0.15) is 11.5 Å². The number of aromatic nitrogens is 2. The standard InChI is InChI=1S/C17H19Cl2N5/c18-10-2-1-3-11(19)14(10)15-16(21)23-13(8-22-15)24-7-6-17(9-24)5-4-12(17)20/h1-3,8,12H,4-7,9,20H2,(H2,21,23)/t12-,17-/m1/s1. The summed E-state index contributed by atoms with van der Waals surface area (Å²) < 4.78 is 0. The Bertz CT molecular complexity index is 776. The molecule has 1 aromatic heterocycles. The lowest BCUT2D eigenvalue weighted by molar-refractivity contribution is 0.122. The van der Waals surface area contributed by atoms with Crippen LogP contribution in [0.3, 0.4) is 0 Å². The monoisotopic (exact) mass is 363 g/mol. The van der Waals surface area contributed by atoms with Gasteiger partial charge >= 0.3 is 0 Å². The van der Waals surface area contributed by atoms with E-state index in [0.29, 0.717) is 33.2 Å². The number of rotatable bonds is 2. The molecule has 5 nitrogen and oxygen atoms in total. The number of nitrogens with zero attached hydrogens (tertiary/aromatic N) is 3. The Morgan fingerprint density at radius 2 is 1.96 bits per heavy atom. The summed E-state index contributed by atoms with van der Waals surface area (Å²) in [6.07, 6.45) is 5.16. The van der Waals surface area contributed by atoms with E-state index in [1.54, 1.807) is 24.4 Å². The molecular weight excluding hydrogens is 345 g/mol. The van der Waals surface area contributed by atoms with E-state index in [1.165, 1.54) is 6.42 Å². The zero-order chi connectivity index (χ0) is 16.9. The lowest BCUT2D eigenvalue weighted by Crippen LogP contribution is -2.52.